The van der Waals surface area contributed by atoms with E-state index in [0.717, 1.165) is 44.8 Å². The molecular formula is C19H33N3O2. The lowest BCUT2D eigenvalue weighted by Crippen LogP contribution is -2.50. The van der Waals surface area contributed by atoms with Crippen molar-refractivity contribution < 1.29 is 9.59 Å². The van der Waals surface area contributed by atoms with Gasteiger partial charge in [-0.2, -0.15) is 0 Å². The van der Waals surface area contributed by atoms with Gasteiger partial charge in [0.2, 0.25) is 11.8 Å². The Kier molecular flexibility index (Phi) is 5.19. The van der Waals surface area contributed by atoms with Crippen LogP contribution in [0.1, 0.15) is 52.9 Å². The van der Waals surface area contributed by atoms with Crippen molar-refractivity contribution in [2.24, 2.45) is 17.3 Å². The minimum Gasteiger partial charge on any atom is -0.352 e. The molecule has 0 bridgehead atoms. The molecule has 1 N–H and O–H groups in total. The van der Waals surface area contributed by atoms with Gasteiger partial charge in [-0.15, -0.1) is 0 Å². The first-order valence-electron chi connectivity index (χ1n) is 9.65. The first kappa shape index (κ1) is 17.7. The first-order chi connectivity index (χ1) is 11.3. The molecule has 1 aliphatic carbocycles. The van der Waals surface area contributed by atoms with Crippen molar-refractivity contribution in [3.05, 3.63) is 0 Å². The van der Waals surface area contributed by atoms with Crippen molar-refractivity contribution >= 4 is 11.8 Å². The zero-order valence-electron chi connectivity index (χ0n) is 15.5. The van der Waals surface area contributed by atoms with Gasteiger partial charge in [-0.1, -0.05) is 20.8 Å². The molecule has 3 fully saturated rings. The van der Waals surface area contributed by atoms with Gasteiger partial charge >= 0.3 is 0 Å². The molecule has 0 unspecified atom stereocenters. The molecule has 24 heavy (non-hydrogen) atoms. The van der Waals surface area contributed by atoms with E-state index in [2.05, 4.69) is 10.2 Å². The number of hydrogen-bond acceptors (Lipinski definition) is 3. The third-order valence-corrected chi connectivity index (χ3v) is 5.55. The second kappa shape index (κ2) is 7.03. The van der Waals surface area contributed by atoms with Crippen molar-refractivity contribution in [2.45, 2.75) is 58.9 Å². The lowest BCUT2D eigenvalue weighted by atomic mass is 9.91. The van der Waals surface area contributed by atoms with E-state index in [0.29, 0.717) is 12.6 Å². The molecule has 0 radical (unpaired) electrons. The molecule has 1 saturated carbocycles. The summed E-state index contributed by atoms with van der Waals surface area (Å²) in [5, 5.41) is 3.25. The Morgan fingerprint density at radius 2 is 1.79 bits per heavy atom. The van der Waals surface area contributed by atoms with Crippen LogP contribution in [-0.4, -0.2) is 60.4 Å². The van der Waals surface area contributed by atoms with Gasteiger partial charge in [0.1, 0.15) is 0 Å². The second-order valence-electron chi connectivity index (χ2n) is 9.04. The van der Waals surface area contributed by atoms with E-state index >= 15 is 0 Å². The summed E-state index contributed by atoms with van der Waals surface area (Å²) in [6.45, 7) is 10.5. The molecule has 2 amide bonds. The fourth-order valence-electron chi connectivity index (χ4n) is 3.95. The molecule has 5 heteroatoms. The minimum atomic E-state index is -0.368. The highest BCUT2D eigenvalue weighted by atomic mass is 16.2. The largest absolute Gasteiger partial charge is 0.352 e. The number of carbonyl (C=O) groups excluding carboxylic acids is 2. The highest BCUT2D eigenvalue weighted by Crippen LogP contribution is 2.31. The normalized spacial score (nSPS) is 28.9. The second-order valence-corrected chi connectivity index (χ2v) is 9.04. The maximum absolute atomic E-state index is 12.6. The Balaban J connectivity index is 1.47. The Hall–Kier alpha value is -1.10. The van der Waals surface area contributed by atoms with E-state index < -0.39 is 0 Å². The van der Waals surface area contributed by atoms with Gasteiger partial charge in [0.25, 0.3) is 0 Å². The highest BCUT2D eigenvalue weighted by Gasteiger charge is 2.35. The predicted molar refractivity (Wildman–Crippen MR) is 94.5 cm³/mol. The fourth-order valence-corrected chi connectivity index (χ4v) is 3.95. The van der Waals surface area contributed by atoms with Crippen LogP contribution in [0.3, 0.4) is 0 Å². The fraction of sp³-hybridized carbons (Fsp3) is 0.895. The zero-order valence-corrected chi connectivity index (χ0v) is 15.5. The average Bonchev–Trinajstić information content (AvgIpc) is 3.24. The van der Waals surface area contributed by atoms with Crippen LogP contribution in [-0.2, 0) is 9.59 Å². The molecule has 0 aromatic heterocycles. The van der Waals surface area contributed by atoms with Crippen LogP contribution in [0.15, 0.2) is 0 Å². The van der Waals surface area contributed by atoms with Crippen LogP contribution in [0, 0.1) is 17.3 Å². The molecule has 0 aromatic carbocycles. The average molecular weight is 335 g/mol. The zero-order chi connectivity index (χ0) is 17.3. The van der Waals surface area contributed by atoms with E-state index in [4.69, 9.17) is 0 Å². The van der Waals surface area contributed by atoms with Gasteiger partial charge in [-0.3, -0.25) is 9.59 Å². The van der Waals surface area contributed by atoms with Crippen LogP contribution >= 0.6 is 0 Å². The molecule has 5 nitrogen and oxygen atoms in total. The SMILES string of the molecule is CC(C)(C)C(=O)N1CCC[C@H](C(=O)N[C@H]2CCN(CC3CC3)C2)C1. The number of likely N-dealkylation sites (tertiary alicyclic amines) is 2. The molecule has 2 saturated heterocycles. The molecule has 3 aliphatic rings. The topological polar surface area (TPSA) is 52.7 Å². The van der Waals surface area contributed by atoms with Crippen molar-refractivity contribution in [1.82, 2.24) is 15.1 Å². The quantitative estimate of drug-likeness (QED) is 0.853. The van der Waals surface area contributed by atoms with E-state index in [1.165, 1.54) is 19.4 Å². The van der Waals surface area contributed by atoms with Crippen LogP contribution in [0.25, 0.3) is 0 Å². The maximum atomic E-state index is 12.6. The maximum Gasteiger partial charge on any atom is 0.227 e. The molecule has 2 atom stereocenters. The number of carbonyl (C=O) groups is 2. The van der Waals surface area contributed by atoms with Gasteiger partial charge < -0.3 is 15.1 Å². The number of rotatable bonds is 4. The first-order valence-corrected chi connectivity index (χ1v) is 9.65. The Morgan fingerprint density at radius 3 is 2.46 bits per heavy atom. The van der Waals surface area contributed by atoms with Gasteiger partial charge in [0.05, 0.1) is 5.92 Å². The summed E-state index contributed by atoms with van der Waals surface area (Å²) in [5.74, 6) is 1.19. The summed E-state index contributed by atoms with van der Waals surface area (Å²) in [6, 6.07) is 0.296. The van der Waals surface area contributed by atoms with Crippen LogP contribution < -0.4 is 5.32 Å². The Labute approximate surface area is 146 Å². The summed E-state index contributed by atoms with van der Waals surface area (Å²) in [6.07, 6.45) is 5.66. The Morgan fingerprint density at radius 1 is 1.04 bits per heavy atom. The molecule has 2 heterocycles. The molecule has 2 aliphatic heterocycles. The molecule has 3 rings (SSSR count). The number of piperidine rings is 1. The summed E-state index contributed by atoms with van der Waals surface area (Å²) in [4.78, 5) is 29.5. The molecule has 0 spiro atoms. The van der Waals surface area contributed by atoms with E-state index in [9.17, 15) is 9.59 Å². The smallest absolute Gasteiger partial charge is 0.227 e. The summed E-state index contributed by atoms with van der Waals surface area (Å²) in [5.41, 5.74) is -0.368. The molecule has 0 aromatic rings. The van der Waals surface area contributed by atoms with Crippen LogP contribution in [0.2, 0.25) is 0 Å². The van der Waals surface area contributed by atoms with Crippen molar-refractivity contribution in [2.75, 3.05) is 32.7 Å². The lowest BCUT2D eigenvalue weighted by Gasteiger charge is -2.36. The van der Waals surface area contributed by atoms with E-state index in [1.807, 2.05) is 25.7 Å². The summed E-state index contributed by atoms with van der Waals surface area (Å²) < 4.78 is 0. The van der Waals surface area contributed by atoms with Crippen molar-refractivity contribution in [3.63, 3.8) is 0 Å². The number of hydrogen-bond donors (Lipinski definition) is 1. The third kappa shape index (κ3) is 4.50. The molecular weight excluding hydrogens is 302 g/mol. The summed E-state index contributed by atoms with van der Waals surface area (Å²) in [7, 11) is 0. The van der Waals surface area contributed by atoms with Crippen molar-refractivity contribution in [1.29, 1.82) is 0 Å². The minimum absolute atomic E-state index is 0.0393. The lowest BCUT2D eigenvalue weighted by molar-refractivity contribution is -0.142. The summed E-state index contributed by atoms with van der Waals surface area (Å²) >= 11 is 0. The number of amides is 2. The van der Waals surface area contributed by atoms with Crippen LogP contribution in [0.5, 0.6) is 0 Å². The van der Waals surface area contributed by atoms with Gasteiger partial charge in [0, 0.05) is 44.2 Å². The monoisotopic (exact) mass is 335 g/mol. The van der Waals surface area contributed by atoms with Crippen molar-refractivity contribution in [3.8, 4) is 0 Å². The number of nitrogens with one attached hydrogen (secondary N) is 1. The van der Waals surface area contributed by atoms with Gasteiger partial charge in [-0.25, -0.2) is 0 Å². The van der Waals surface area contributed by atoms with E-state index in [-0.39, 0.29) is 23.1 Å². The number of nitrogens with zero attached hydrogens (tertiary/aromatic N) is 2. The van der Waals surface area contributed by atoms with Gasteiger partial charge in [-0.05, 0) is 38.0 Å². The third-order valence-electron chi connectivity index (χ3n) is 5.55. The Bertz CT molecular complexity index is 481. The van der Waals surface area contributed by atoms with Crippen LogP contribution in [0.4, 0.5) is 0 Å². The molecule has 136 valence electrons. The predicted octanol–water partition coefficient (Wildman–Crippen LogP) is 1.87. The highest BCUT2D eigenvalue weighted by molar-refractivity contribution is 5.84. The standard InChI is InChI=1S/C19H33N3O2/c1-19(2,3)18(24)22-9-4-5-15(12-22)17(23)20-16-8-10-21(13-16)11-14-6-7-14/h14-16H,4-13H2,1-3H3,(H,20,23)/t15-,16-/m0/s1. The van der Waals surface area contributed by atoms with E-state index in [1.54, 1.807) is 0 Å². The van der Waals surface area contributed by atoms with Gasteiger partial charge in [0.15, 0.2) is 0 Å².